The van der Waals surface area contributed by atoms with Gasteiger partial charge < -0.3 is 5.32 Å². The van der Waals surface area contributed by atoms with Gasteiger partial charge in [-0.05, 0) is 43.5 Å². The van der Waals surface area contributed by atoms with Crippen LogP contribution >= 0.6 is 15.9 Å². The lowest BCUT2D eigenvalue weighted by molar-refractivity contribution is 0.137. The van der Waals surface area contributed by atoms with Crippen molar-refractivity contribution in [1.29, 1.82) is 0 Å². The number of hydrogen-bond donors (Lipinski definition) is 1. The Morgan fingerprint density at radius 1 is 1.26 bits per heavy atom. The van der Waals surface area contributed by atoms with Crippen LogP contribution in [0.2, 0.25) is 0 Å². The first-order chi connectivity index (χ1) is 9.16. The van der Waals surface area contributed by atoms with E-state index in [1.807, 2.05) is 0 Å². The van der Waals surface area contributed by atoms with Crippen LogP contribution in [0.25, 0.3) is 0 Å². The highest BCUT2D eigenvalue weighted by molar-refractivity contribution is 9.10. The van der Waals surface area contributed by atoms with Crippen LogP contribution in [0.1, 0.15) is 32.3 Å². The Hall–Kier alpha value is -0.380. The minimum atomic E-state index is 0.720. The maximum Gasteiger partial charge on any atom is 0.0248 e. The first-order valence-corrected chi connectivity index (χ1v) is 8.14. The standard InChI is InChI=1S/C16H25BrN2/c1-13(2)11-19(15-7-9-18-10-8-15)12-14-5-3-4-6-16(14)17/h3-6,13,15,18H,7-12H2,1-2H3. The van der Waals surface area contributed by atoms with E-state index in [0.717, 1.165) is 31.6 Å². The van der Waals surface area contributed by atoms with E-state index in [2.05, 4.69) is 64.3 Å². The summed E-state index contributed by atoms with van der Waals surface area (Å²) in [5.74, 6) is 0.720. The SMILES string of the molecule is CC(C)CN(Cc1ccccc1Br)C1CCNCC1. The Balaban J connectivity index is 2.06. The van der Waals surface area contributed by atoms with Crippen molar-refractivity contribution in [3.63, 3.8) is 0 Å². The normalized spacial score (nSPS) is 17.3. The molecule has 3 heteroatoms. The average Bonchev–Trinajstić information content (AvgIpc) is 2.41. The molecule has 0 unspecified atom stereocenters. The maximum absolute atomic E-state index is 3.68. The number of hydrogen-bond acceptors (Lipinski definition) is 2. The van der Waals surface area contributed by atoms with Crippen LogP contribution < -0.4 is 5.32 Å². The van der Waals surface area contributed by atoms with Crippen molar-refractivity contribution in [2.75, 3.05) is 19.6 Å². The van der Waals surface area contributed by atoms with Crippen LogP contribution in [0.15, 0.2) is 28.7 Å². The van der Waals surface area contributed by atoms with Crippen LogP contribution in [-0.2, 0) is 6.54 Å². The summed E-state index contributed by atoms with van der Waals surface area (Å²) in [7, 11) is 0. The molecule has 0 atom stereocenters. The van der Waals surface area contributed by atoms with E-state index < -0.39 is 0 Å². The van der Waals surface area contributed by atoms with E-state index >= 15 is 0 Å². The molecule has 1 aliphatic rings. The van der Waals surface area contributed by atoms with Gasteiger partial charge in [0.1, 0.15) is 0 Å². The molecule has 1 aromatic rings. The molecule has 2 nitrogen and oxygen atoms in total. The van der Waals surface area contributed by atoms with E-state index in [4.69, 9.17) is 0 Å². The number of benzene rings is 1. The van der Waals surface area contributed by atoms with Crippen molar-refractivity contribution < 1.29 is 0 Å². The quantitative estimate of drug-likeness (QED) is 0.889. The van der Waals surface area contributed by atoms with Gasteiger partial charge in [0.15, 0.2) is 0 Å². The third kappa shape index (κ3) is 4.59. The van der Waals surface area contributed by atoms with E-state index in [1.54, 1.807) is 0 Å². The molecule has 0 amide bonds. The number of nitrogens with one attached hydrogen (secondary N) is 1. The molecule has 0 saturated carbocycles. The monoisotopic (exact) mass is 324 g/mol. The lowest BCUT2D eigenvalue weighted by Crippen LogP contribution is -2.44. The van der Waals surface area contributed by atoms with Gasteiger partial charge in [-0.3, -0.25) is 4.90 Å². The molecule has 0 aliphatic carbocycles. The largest absolute Gasteiger partial charge is 0.317 e. The summed E-state index contributed by atoms with van der Waals surface area (Å²) in [6.07, 6.45) is 2.55. The minimum absolute atomic E-state index is 0.720. The second-order valence-corrected chi connectivity index (χ2v) is 6.75. The Kier molecular flexibility index (Phi) is 5.86. The highest BCUT2D eigenvalue weighted by Gasteiger charge is 2.22. The zero-order chi connectivity index (χ0) is 13.7. The number of nitrogens with zero attached hydrogens (tertiary/aromatic N) is 1. The van der Waals surface area contributed by atoms with Gasteiger partial charge in [-0.15, -0.1) is 0 Å². The van der Waals surface area contributed by atoms with Crippen molar-refractivity contribution in [3.8, 4) is 0 Å². The van der Waals surface area contributed by atoms with E-state index in [9.17, 15) is 0 Å². The van der Waals surface area contributed by atoms with Gasteiger partial charge in [-0.25, -0.2) is 0 Å². The topological polar surface area (TPSA) is 15.3 Å². The Morgan fingerprint density at radius 3 is 2.58 bits per heavy atom. The van der Waals surface area contributed by atoms with Gasteiger partial charge in [0, 0.05) is 23.6 Å². The summed E-state index contributed by atoms with van der Waals surface area (Å²) in [6.45, 7) is 9.20. The summed E-state index contributed by atoms with van der Waals surface area (Å²) < 4.78 is 1.23. The Morgan fingerprint density at radius 2 is 1.95 bits per heavy atom. The fourth-order valence-corrected chi connectivity index (χ4v) is 3.24. The second kappa shape index (κ2) is 7.41. The fourth-order valence-electron chi connectivity index (χ4n) is 2.83. The van der Waals surface area contributed by atoms with Crippen LogP contribution in [0.4, 0.5) is 0 Å². The molecule has 19 heavy (non-hydrogen) atoms. The third-order valence-electron chi connectivity index (χ3n) is 3.76. The molecule has 106 valence electrons. The first kappa shape index (κ1) is 15.0. The van der Waals surface area contributed by atoms with Crippen molar-refractivity contribution in [2.24, 2.45) is 5.92 Å². The fraction of sp³-hybridized carbons (Fsp3) is 0.625. The van der Waals surface area contributed by atoms with Gasteiger partial charge in [-0.2, -0.15) is 0 Å². The molecule has 2 rings (SSSR count). The second-order valence-electron chi connectivity index (χ2n) is 5.90. The molecule has 0 bridgehead atoms. The molecular weight excluding hydrogens is 300 g/mol. The summed E-state index contributed by atoms with van der Waals surface area (Å²) in [5, 5.41) is 3.46. The highest BCUT2D eigenvalue weighted by Crippen LogP contribution is 2.22. The van der Waals surface area contributed by atoms with Gasteiger partial charge >= 0.3 is 0 Å². The van der Waals surface area contributed by atoms with Crippen LogP contribution in [0, 0.1) is 5.92 Å². The number of piperidine rings is 1. The number of halogens is 1. The van der Waals surface area contributed by atoms with Gasteiger partial charge in [0.05, 0.1) is 0 Å². The molecule has 0 radical (unpaired) electrons. The van der Waals surface area contributed by atoms with Crippen molar-refractivity contribution in [1.82, 2.24) is 10.2 Å². The summed E-state index contributed by atoms with van der Waals surface area (Å²) in [4.78, 5) is 2.67. The lowest BCUT2D eigenvalue weighted by Gasteiger charge is -2.36. The van der Waals surface area contributed by atoms with Crippen LogP contribution in [0.5, 0.6) is 0 Å². The molecule has 1 heterocycles. The molecule has 1 fully saturated rings. The molecule has 1 aromatic carbocycles. The van der Waals surface area contributed by atoms with E-state index in [-0.39, 0.29) is 0 Å². The molecular formula is C16H25BrN2. The Bertz CT molecular complexity index is 386. The van der Waals surface area contributed by atoms with Crippen LogP contribution in [-0.4, -0.2) is 30.6 Å². The smallest absolute Gasteiger partial charge is 0.0248 e. The first-order valence-electron chi connectivity index (χ1n) is 7.35. The van der Waals surface area contributed by atoms with Crippen LogP contribution in [0.3, 0.4) is 0 Å². The van der Waals surface area contributed by atoms with E-state index in [1.165, 1.54) is 29.4 Å². The van der Waals surface area contributed by atoms with Crippen molar-refractivity contribution in [2.45, 2.75) is 39.3 Å². The zero-order valence-electron chi connectivity index (χ0n) is 12.0. The average molecular weight is 325 g/mol. The zero-order valence-corrected chi connectivity index (χ0v) is 13.6. The van der Waals surface area contributed by atoms with Gasteiger partial charge in [-0.1, -0.05) is 48.0 Å². The van der Waals surface area contributed by atoms with Gasteiger partial charge in [0.2, 0.25) is 0 Å². The molecule has 1 N–H and O–H groups in total. The minimum Gasteiger partial charge on any atom is -0.317 e. The summed E-state index contributed by atoms with van der Waals surface area (Å²) in [5.41, 5.74) is 1.40. The maximum atomic E-state index is 3.68. The third-order valence-corrected chi connectivity index (χ3v) is 4.53. The summed E-state index contributed by atoms with van der Waals surface area (Å²) >= 11 is 3.68. The molecule has 1 aliphatic heterocycles. The Labute approximate surface area is 125 Å². The van der Waals surface area contributed by atoms with Crippen molar-refractivity contribution >= 4 is 15.9 Å². The molecule has 1 saturated heterocycles. The highest BCUT2D eigenvalue weighted by atomic mass is 79.9. The molecule has 0 spiro atoms. The summed E-state index contributed by atoms with van der Waals surface area (Å²) in [6, 6.07) is 9.33. The van der Waals surface area contributed by atoms with Crippen molar-refractivity contribution in [3.05, 3.63) is 34.3 Å². The molecule has 0 aromatic heterocycles. The predicted molar refractivity (Wildman–Crippen MR) is 85.3 cm³/mol. The van der Waals surface area contributed by atoms with Gasteiger partial charge in [0.25, 0.3) is 0 Å². The number of rotatable bonds is 5. The lowest BCUT2D eigenvalue weighted by atomic mass is 10.0. The van der Waals surface area contributed by atoms with E-state index in [0.29, 0.717) is 0 Å². The predicted octanol–water partition coefficient (Wildman–Crippen LogP) is 3.66.